The molecule has 3 fully saturated rings. The molecule has 5 rings (SSSR count). The van der Waals surface area contributed by atoms with Gasteiger partial charge in [0.15, 0.2) is 0 Å². The molecule has 2 saturated carbocycles. The van der Waals surface area contributed by atoms with E-state index in [0.717, 1.165) is 63.5 Å². The molecule has 3 aliphatic rings. The van der Waals surface area contributed by atoms with E-state index in [2.05, 4.69) is 15.6 Å². The molecule has 8 nitrogen and oxygen atoms in total. The van der Waals surface area contributed by atoms with Gasteiger partial charge in [0, 0.05) is 24.4 Å². The third kappa shape index (κ3) is 6.43. The lowest BCUT2D eigenvalue weighted by Gasteiger charge is -2.39. The number of nitrogens with zero attached hydrogens (tertiary/aromatic N) is 2. The zero-order valence-electron chi connectivity index (χ0n) is 22.9. The number of benzene rings is 1. The largest absolute Gasteiger partial charge is 0.507 e. The number of carbonyl (C=O) groups is 3. The molecule has 0 bridgehead atoms. The van der Waals surface area contributed by atoms with Crippen LogP contribution in [0.25, 0.3) is 0 Å². The van der Waals surface area contributed by atoms with Gasteiger partial charge in [-0.05, 0) is 55.4 Å². The highest BCUT2D eigenvalue weighted by molar-refractivity contribution is 6.30. The first-order chi connectivity index (χ1) is 19.4. The molecular weight excluding hydrogens is 528 g/mol. The van der Waals surface area contributed by atoms with Crippen molar-refractivity contribution in [1.82, 2.24) is 20.5 Å². The Kier molecular flexibility index (Phi) is 9.25. The van der Waals surface area contributed by atoms with Crippen LogP contribution in [-0.2, 0) is 4.79 Å². The van der Waals surface area contributed by atoms with Gasteiger partial charge in [-0.3, -0.25) is 19.5 Å². The van der Waals surface area contributed by atoms with Crippen LogP contribution < -0.4 is 10.6 Å². The molecule has 214 valence electrons. The Hall–Kier alpha value is -3.13. The number of phenolic OH excluding ortho intramolecular Hbond substituents is 1. The highest BCUT2D eigenvalue weighted by Gasteiger charge is 2.47. The number of imide groups is 1. The third-order valence-corrected chi connectivity index (χ3v) is 9.19. The lowest BCUT2D eigenvalue weighted by Crippen LogP contribution is -2.52. The van der Waals surface area contributed by atoms with Gasteiger partial charge in [0.1, 0.15) is 11.8 Å². The van der Waals surface area contributed by atoms with Crippen LogP contribution in [-0.4, -0.2) is 51.5 Å². The first-order valence-electron chi connectivity index (χ1n) is 14.7. The van der Waals surface area contributed by atoms with Gasteiger partial charge in [0.05, 0.1) is 16.6 Å². The van der Waals surface area contributed by atoms with Gasteiger partial charge >= 0.3 is 6.03 Å². The van der Waals surface area contributed by atoms with Crippen LogP contribution in [0.3, 0.4) is 0 Å². The molecule has 1 saturated heterocycles. The SMILES string of the molecule is O=C(NCC(C(c1ccc(Cl)cn1)C1CCCCC1)N1C(=O)NC(CC2CCCCC2)C1=O)c1ccccc1O. The van der Waals surface area contributed by atoms with Gasteiger partial charge in [-0.2, -0.15) is 0 Å². The number of aromatic nitrogens is 1. The van der Waals surface area contributed by atoms with Gasteiger partial charge in [-0.15, -0.1) is 0 Å². The first-order valence-corrected chi connectivity index (χ1v) is 15.1. The smallest absolute Gasteiger partial charge is 0.325 e. The maximum Gasteiger partial charge on any atom is 0.325 e. The molecule has 2 aliphatic carbocycles. The molecule has 9 heteroatoms. The van der Waals surface area contributed by atoms with Gasteiger partial charge < -0.3 is 15.7 Å². The van der Waals surface area contributed by atoms with Crippen LogP contribution in [0.15, 0.2) is 42.6 Å². The summed E-state index contributed by atoms with van der Waals surface area (Å²) in [7, 11) is 0. The van der Waals surface area contributed by atoms with Gasteiger partial charge in [0.2, 0.25) is 0 Å². The van der Waals surface area contributed by atoms with Crippen molar-refractivity contribution in [3.05, 3.63) is 58.9 Å². The lowest BCUT2D eigenvalue weighted by atomic mass is 9.74. The van der Waals surface area contributed by atoms with Crippen molar-refractivity contribution in [1.29, 1.82) is 0 Å². The van der Waals surface area contributed by atoms with Crippen molar-refractivity contribution in [2.75, 3.05) is 6.54 Å². The number of para-hydroxylation sites is 1. The van der Waals surface area contributed by atoms with Gasteiger partial charge in [0.25, 0.3) is 11.8 Å². The number of hydrogen-bond acceptors (Lipinski definition) is 5. The summed E-state index contributed by atoms with van der Waals surface area (Å²) < 4.78 is 0. The Bertz CT molecular complexity index is 1190. The Balaban J connectivity index is 1.46. The number of rotatable bonds is 9. The van der Waals surface area contributed by atoms with Crippen molar-refractivity contribution < 1.29 is 19.5 Å². The van der Waals surface area contributed by atoms with E-state index < -0.39 is 24.0 Å². The van der Waals surface area contributed by atoms with Crippen molar-refractivity contribution in [2.24, 2.45) is 11.8 Å². The average Bonchev–Trinajstić information content (AvgIpc) is 3.24. The second-order valence-electron chi connectivity index (χ2n) is 11.6. The fourth-order valence-corrected chi connectivity index (χ4v) is 7.06. The summed E-state index contributed by atoms with van der Waals surface area (Å²) in [6.45, 7) is 0.0496. The second-order valence-corrected chi connectivity index (χ2v) is 12.0. The third-order valence-electron chi connectivity index (χ3n) is 8.96. The second kappa shape index (κ2) is 13.0. The highest BCUT2D eigenvalue weighted by Crippen LogP contribution is 2.40. The summed E-state index contributed by atoms with van der Waals surface area (Å²) in [4.78, 5) is 46.6. The summed E-state index contributed by atoms with van der Waals surface area (Å²) in [6.07, 6.45) is 13.1. The fraction of sp³-hybridized carbons (Fsp3) is 0.548. The van der Waals surface area contributed by atoms with Crippen LogP contribution in [0, 0.1) is 11.8 Å². The predicted molar refractivity (Wildman–Crippen MR) is 153 cm³/mol. The molecule has 1 aromatic carbocycles. The van der Waals surface area contributed by atoms with Crippen LogP contribution in [0.4, 0.5) is 4.79 Å². The number of pyridine rings is 1. The zero-order valence-corrected chi connectivity index (χ0v) is 23.6. The average molecular weight is 567 g/mol. The minimum Gasteiger partial charge on any atom is -0.507 e. The number of nitrogens with one attached hydrogen (secondary N) is 2. The number of aromatic hydroxyl groups is 1. The molecular formula is C31H39ClN4O4. The molecule has 0 radical (unpaired) electrons. The monoisotopic (exact) mass is 566 g/mol. The van der Waals surface area contributed by atoms with Gasteiger partial charge in [-0.25, -0.2) is 4.79 Å². The van der Waals surface area contributed by atoms with Crippen molar-refractivity contribution in [3.63, 3.8) is 0 Å². The molecule has 0 spiro atoms. The van der Waals surface area contributed by atoms with E-state index in [1.807, 2.05) is 6.07 Å². The topological polar surface area (TPSA) is 112 Å². The van der Waals surface area contributed by atoms with Gasteiger partial charge in [-0.1, -0.05) is 75.1 Å². The molecule has 1 aliphatic heterocycles. The maximum atomic E-state index is 13.9. The standard InChI is InChI=1S/C31H39ClN4O4/c32-22-15-16-24(33-18-22)28(21-11-5-2-6-12-21)26(19-34-29(38)23-13-7-8-14-27(23)37)36-30(39)25(35-31(36)40)17-20-9-3-1-4-10-20/h7-8,13-16,18,20-21,25-26,28,37H,1-6,9-12,17,19H2,(H,34,38)(H,35,40). The quantitative estimate of drug-likeness (QED) is 0.332. The van der Waals surface area contributed by atoms with E-state index in [4.69, 9.17) is 11.6 Å². The van der Waals surface area contributed by atoms with E-state index in [-0.39, 0.29) is 35.6 Å². The number of hydrogen-bond donors (Lipinski definition) is 3. The van der Waals surface area contributed by atoms with Crippen molar-refractivity contribution in [2.45, 2.75) is 88.6 Å². The zero-order chi connectivity index (χ0) is 28.1. The van der Waals surface area contributed by atoms with E-state index >= 15 is 0 Å². The number of urea groups is 1. The minimum absolute atomic E-state index is 0.0496. The predicted octanol–water partition coefficient (Wildman–Crippen LogP) is 5.79. The number of carbonyl (C=O) groups excluding carboxylic acids is 3. The molecule has 3 atom stereocenters. The Labute approximate surface area is 240 Å². The molecule has 2 aromatic rings. The summed E-state index contributed by atoms with van der Waals surface area (Å²) in [6, 6.07) is 8.39. The van der Waals surface area contributed by atoms with Crippen LogP contribution in [0.2, 0.25) is 5.02 Å². The number of amides is 4. The van der Waals surface area contributed by atoms with Crippen molar-refractivity contribution >= 4 is 29.4 Å². The van der Waals surface area contributed by atoms with Crippen LogP contribution >= 0.6 is 11.6 Å². The normalized spacial score (nSPS) is 22.1. The molecule has 4 amide bonds. The van der Waals surface area contributed by atoms with E-state index in [9.17, 15) is 19.5 Å². The maximum absolute atomic E-state index is 13.9. The molecule has 2 heterocycles. The summed E-state index contributed by atoms with van der Waals surface area (Å²) >= 11 is 6.18. The van der Waals surface area contributed by atoms with Crippen LogP contribution in [0.1, 0.15) is 92.6 Å². The summed E-state index contributed by atoms with van der Waals surface area (Å²) in [5, 5.41) is 16.6. The molecule has 3 unspecified atom stereocenters. The van der Waals surface area contributed by atoms with E-state index in [1.165, 1.54) is 17.4 Å². The Morgan fingerprint density at radius 1 is 1.02 bits per heavy atom. The molecule has 3 N–H and O–H groups in total. The van der Waals surface area contributed by atoms with Crippen LogP contribution in [0.5, 0.6) is 5.75 Å². The minimum atomic E-state index is -0.643. The highest BCUT2D eigenvalue weighted by atomic mass is 35.5. The molecule has 1 aromatic heterocycles. The summed E-state index contributed by atoms with van der Waals surface area (Å²) in [5.41, 5.74) is 0.905. The molecule has 40 heavy (non-hydrogen) atoms. The summed E-state index contributed by atoms with van der Waals surface area (Å²) in [5.74, 6) is -0.471. The number of phenols is 1. The fourth-order valence-electron chi connectivity index (χ4n) is 6.95. The Morgan fingerprint density at radius 2 is 1.73 bits per heavy atom. The van der Waals surface area contributed by atoms with E-state index in [0.29, 0.717) is 17.4 Å². The lowest BCUT2D eigenvalue weighted by molar-refractivity contribution is -0.130. The Morgan fingerprint density at radius 3 is 2.40 bits per heavy atom. The first kappa shape index (κ1) is 28.4. The van der Waals surface area contributed by atoms with Crippen molar-refractivity contribution in [3.8, 4) is 5.75 Å². The number of halogens is 1. The van der Waals surface area contributed by atoms with E-state index in [1.54, 1.807) is 30.5 Å².